The summed E-state index contributed by atoms with van der Waals surface area (Å²) in [7, 11) is 0. The summed E-state index contributed by atoms with van der Waals surface area (Å²) >= 11 is 0. The second-order valence-electron chi connectivity index (χ2n) is 14.1. The molecule has 0 spiro atoms. The Labute approximate surface area is 281 Å². The van der Waals surface area contributed by atoms with Crippen molar-refractivity contribution in [3.63, 3.8) is 0 Å². The zero-order valence-electron chi connectivity index (χ0n) is 29.0. The van der Waals surface area contributed by atoms with Crippen LogP contribution in [0.2, 0.25) is 0 Å². The number of hydrogen-bond acceptors (Lipinski definition) is 10. The SMILES string of the molecule is CCCCCOC(=O)C1CC2OC2CC1C(=O)OCCCCCCCCCCCOC(=O)C1CC2OC2CC1C(=O)OCCCCC. The van der Waals surface area contributed by atoms with Crippen molar-refractivity contribution in [3.05, 3.63) is 0 Å². The minimum Gasteiger partial charge on any atom is -0.465 e. The Morgan fingerprint density at radius 1 is 0.404 bits per heavy atom. The molecule has 0 radical (unpaired) electrons. The Balaban J connectivity index is 0.976. The largest absolute Gasteiger partial charge is 0.465 e. The van der Waals surface area contributed by atoms with Gasteiger partial charge in [0.1, 0.15) is 0 Å². The van der Waals surface area contributed by atoms with Crippen molar-refractivity contribution in [2.45, 2.75) is 160 Å². The van der Waals surface area contributed by atoms with E-state index in [-0.39, 0.29) is 48.3 Å². The highest BCUT2D eigenvalue weighted by atomic mass is 16.6. The summed E-state index contributed by atoms with van der Waals surface area (Å²) in [6, 6.07) is 0. The lowest BCUT2D eigenvalue weighted by Crippen LogP contribution is -2.37. The zero-order valence-corrected chi connectivity index (χ0v) is 29.0. The first-order valence-corrected chi connectivity index (χ1v) is 18.9. The van der Waals surface area contributed by atoms with Gasteiger partial charge in [0.25, 0.3) is 0 Å². The molecule has 10 nitrogen and oxygen atoms in total. The fourth-order valence-corrected chi connectivity index (χ4v) is 7.15. The van der Waals surface area contributed by atoms with Gasteiger partial charge in [-0.1, -0.05) is 84.5 Å². The minimum atomic E-state index is -0.464. The molecule has 0 amide bonds. The quantitative estimate of drug-likeness (QED) is 0.0479. The summed E-state index contributed by atoms with van der Waals surface area (Å²) in [4.78, 5) is 51.0. The molecule has 4 fully saturated rings. The Morgan fingerprint density at radius 3 is 0.894 bits per heavy atom. The Bertz CT molecular complexity index is 908. The van der Waals surface area contributed by atoms with Gasteiger partial charge in [-0.05, 0) is 51.4 Å². The smallest absolute Gasteiger partial charge is 0.309 e. The summed E-state index contributed by atoms with van der Waals surface area (Å²) in [6.07, 6.45) is 17.7. The third kappa shape index (κ3) is 12.6. The van der Waals surface area contributed by atoms with Gasteiger partial charge in [0, 0.05) is 0 Å². The van der Waals surface area contributed by atoms with Crippen molar-refractivity contribution in [1.29, 1.82) is 0 Å². The maximum atomic E-state index is 12.8. The second kappa shape index (κ2) is 20.3. The first kappa shape index (κ1) is 37.6. The molecule has 0 bridgehead atoms. The summed E-state index contributed by atoms with van der Waals surface area (Å²) in [5.41, 5.74) is 0. The molecule has 2 saturated carbocycles. The molecule has 2 heterocycles. The van der Waals surface area contributed by atoms with E-state index >= 15 is 0 Å². The van der Waals surface area contributed by atoms with Gasteiger partial charge in [-0.2, -0.15) is 0 Å². The number of carbonyl (C=O) groups is 4. The van der Waals surface area contributed by atoms with Crippen LogP contribution < -0.4 is 0 Å². The van der Waals surface area contributed by atoms with Crippen LogP contribution in [-0.4, -0.2) is 74.7 Å². The summed E-state index contributed by atoms with van der Waals surface area (Å²) in [5, 5.41) is 0. The van der Waals surface area contributed by atoms with E-state index in [4.69, 9.17) is 28.4 Å². The van der Waals surface area contributed by atoms with Crippen molar-refractivity contribution in [1.82, 2.24) is 0 Å². The molecule has 0 N–H and O–H groups in total. The Hall–Kier alpha value is -2.20. The number of unbranched alkanes of at least 4 members (excludes halogenated alkanes) is 12. The predicted octanol–water partition coefficient (Wildman–Crippen LogP) is 6.64. The number of rotatable bonds is 24. The van der Waals surface area contributed by atoms with Crippen molar-refractivity contribution in [2.24, 2.45) is 23.7 Å². The average molecular weight is 665 g/mol. The van der Waals surface area contributed by atoms with Crippen LogP contribution in [0.5, 0.6) is 0 Å². The van der Waals surface area contributed by atoms with Crippen LogP contribution in [0.1, 0.15) is 136 Å². The number of ether oxygens (including phenoxy) is 6. The summed E-state index contributed by atoms with van der Waals surface area (Å²) < 4.78 is 33.3. The molecular formula is C37H60O10. The molecule has 0 aromatic heterocycles. The van der Waals surface area contributed by atoms with Crippen molar-refractivity contribution < 1.29 is 47.6 Å². The molecule has 4 aliphatic rings. The molecule has 10 heteroatoms. The molecule has 2 aliphatic carbocycles. The van der Waals surface area contributed by atoms with Gasteiger partial charge in [-0.3, -0.25) is 19.2 Å². The van der Waals surface area contributed by atoms with Crippen molar-refractivity contribution in [3.8, 4) is 0 Å². The van der Waals surface area contributed by atoms with Crippen molar-refractivity contribution in [2.75, 3.05) is 26.4 Å². The first-order chi connectivity index (χ1) is 22.9. The Kier molecular flexibility index (Phi) is 16.3. The first-order valence-electron chi connectivity index (χ1n) is 18.9. The number of fused-ring (bicyclic) bond motifs is 2. The zero-order chi connectivity index (χ0) is 33.4. The lowest BCUT2D eigenvalue weighted by molar-refractivity contribution is -0.162. The maximum Gasteiger partial charge on any atom is 0.309 e. The lowest BCUT2D eigenvalue weighted by Gasteiger charge is -2.26. The van der Waals surface area contributed by atoms with Crippen molar-refractivity contribution >= 4 is 23.9 Å². The third-order valence-corrected chi connectivity index (χ3v) is 10.3. The van der Waals surface area contributed by atoms with Gasteiger partial charge in [0.15, 0.2) is 0 Å². The van der Waals surface area contributed by atoms with E-state index < -0.39 is 23.7 Å². The molecule has 47 heavy (non-hydrogen) atoms. The number of hydrogen-bond donors (Lipinski definition) is 0. The second-order valence-corrected chi connectivity index (χ2v) is 14.1. The van der Waals surface area contributed by atoms with E-state index in [2.05, 4.69) is 13.8 Å². The van der Waals surface area contributed by atoms with Gasteiger partial charge < -0.3 is 28.4 Å². The number of epoxide rings is 2. The molecule has 8 atom stereocenters. The van der Waals surface area contributed by atoms with Gasteiger partial charge in [0.2, 0.25) is 0 Å². The van der Waals surface area contributed by atoms with Crippen LogP contribution in [0.4, 0.5) is 0 Å². The highest BCUT2D eigenvalue weighted by molar-refractivity contribution is 5.83. The molecule has 0 aromatic carbocycles. The molecular weight excluding hydrogens is 604 g/mol. The van der Waals surface area contributed by atoms with Gasteiger partial charge >= 0.3 is 23.9 Å². The molecule has 0 aromatic rings. The molecule has 8 unspecified atom stereocenters. The Morgan fingerprint density at radius 2 is 0.638 bits per heavy atom. The molecule has 2 aliphatic heterocycles. The van der Waals surface area contributed by atoms with Crippen LogP contribution in [0, 0.1) is 23.7 Å². The lowest BCUT2D eigenvalue weighted by atomic mass is 9.79. The standard InChI is InChI=1S/C37H60O10/c1-3-5-14-18-42-34(38)26-22-30-32(46-30)24-28(26)36(40)44-20-16-12-10-8-7-9-11-13-17-21-45-37(41)29-25-33-31(47-33)23-27(29)35(39)43-19-15-6-4-2/h26-33H,3-25H2,1-2H3. The highest BCUT2D eigenvalue weighted by Gasteiger charge is 2.54. The third-order valence-electron chi connectivity index (χ3n) is 10.3. The average Bonchev–Trinajstić information content (AvgIpc) is 4.00. The van der Waals surface area contributed by atoms with Crippen LogP contribution in [-0.2, 0) is 47.6 Å². The monoisotopic (exact) mass is 664 g/mol. The van der Waals surface area contributed by atoms with Crippen LogP contribution >= 0.6 is 0 Å². The predicted molar refractivity (Wildman–Crippen MR) is 174 cm³/mol. The summed E-state index contributed by atoms with van der Waals surface area (Å²) in [5.74, 6) is -2.98. The fourth-order valence-electron chi connectivity index (χ4n) is 7.15. The van der Waals surface area contributed by atoms with Gasteiger partial charge in [0.05, 0.1) is 74.5 Å². The molecule has 268 valence electrons. The topological polar surface area (TPSA) is 130 Å². The van der Waals surface area contributed by atoms with Gasteiger partial charge in [-0.25, -0.2) is 0 Å². The minimum absolute atomic E-state index is 0.0826. The normalized spacial score (nSPS) is 28.8. The van der Waals surface area contributed by atoms with Gasteiger partial charge in [-0.15, -0.1) is 0 Å². The van der Waals surface area contributed by atoms with Crippen LogP contribution in [0.25, 0.3) is 0 Å². The van der Waals surface area contributed by atoms with E-state index in [1.165, 1.54) is 0 Å². The number of esters is 4. The van der Waals surface area contributed by atoms with Crippen LogP contribution in [0.15, 0.2) is 0 Å². The summed E-state index contributed by atoms with van der Waals surface area (Å²) in [6.45, 7) is 5.81. The van der Waals surface area contributed by atoms with E-state index in [0.717, 1.165) is 96.3 Å². The van der Waals surface area contributed by atoms with E-state index in [9.17, 15) is 19.2 Å². The van der Waals surface area contributed by atoms with E-state index in [0.29, 0.717) is 52.1 Å². The fraction of sp³-hybridized carbons (Fsp3) is 0.892. The number of carbonyl (C=O) groups excluding carboxylic acids is 4. The van der Waals surface area contributed by atoms with E-state index in [1.807, 2.05) is 0 Å². The molecule has 4 rings (SSSR count). The van der Waals surface area contributed by atoms with Crippen LogP contribution in [0.3, 0.4) is 0 Å². The maximum absolute atomic E-state index is 12.8. The highest BCUT2D eigenvalue weighted by Crippen LogP contribution is 2.45. The van der Waals surface area contributed by atoms with E-state index in [1.54, 1.807) is 0 Å². The molecule has 2 saturated heterocycles.